The highest BCUT2D eigenvalue weighted by molar-refractivity contribution is 5.99. The van der Waals surface area contributed by atoms with Crippen molar-refractivity contribution in [3.8, 4) is 5.95 Å². The Balaban J connectivity index is 1.90. The van der Waals surface area contributed by atoms with Crippen molar-refractivity contribution in [1.82, 2.24) is 14.5 Å². The predicted molar refractivity (Wildman–Crippen MR) is 115 cm³/mol. The molecule has 142 valence electrons. The number of anilines is 2. The van der Waals surface area contributed by atoms with Gasteiger partial charge in [-0.1, -0.05) is 30.3 Å². The molecule has 1 saturated heterocycles. The zero-order chi connectivity index (χ0) is 19.3. The lowest BCUT2D eigenvalue weighted by atomic mass is 10.1. The molecule has 4 aromatic rings. The Bertz CT molecular complexity index is 1200. The average Bonchev–Trinajstić information content (AvgIpc) is 3.36. The lowest BCUT2D eigenvalue weighted by Gasteiger charge is -2.27. The second kappa shape index (κ2) is 6.41. The zero-order valence-electron chi connectivity index (χ0n) is 16.1. The number of para-hydroxylation sites is 3. The quantitative estimate of drug-likeness (QED) is 0.597. The fourth-order valence-electron chi connectivity index (χ4n) is 4.25. The van der Waals surface area contributed by atoms with E-state index in [0.29, 0.717) is 5.95 Å². The summed E-state index contributed by atoms with van der Waals surface area (Å²) >= 11 is 0. The van der Waals surface area contributed by atoms with E-state index in [4.69, 9.17) is 4.98 Å². The summed E-state index contributed by atoms with van der Waals surface area (Å²) in [6.45, 7) is 1.82. The maximum Gasteiger partial charge on any atom is 0.283 e. The van der Waals surface area contributed by atoms with Crippen LogP contribution in [0.25, 0.3) is 27.9 Å². The fraction of sp³-hybridized carbons (Fsp3) is 0.273. The second-order valence-electron chi connectivity index (χ2n) is 7.52. The fourth-order valence-corrected chi connectivity index (χ4v) is 4.25. The molecule has 0 radical (unpaired) electrons. The minimum absolute atomic E-state index is 0.0247. The zero-order valence-corrected chi connectivity index (χ0v) is 16.1. The number of aromatic nitrogens is 3. The highest BCUT2D eigenvalue weighted by atomic mass is 16.1. The summed E-state index contributed by atoms with van der Waals surface area (Å²) in [5.41, 5.74) is 4.36. The van der Waals surface area contributed by atoms with Gasteiger partial charge in [-0.2, -0.15) is 0 Å². The molecule has 0 unspecified atom stereocenters. The second-order valence-corrected chi connectivity index (χ2v) is 7.52. The number of imidazole rings is 1. The maximum absolute atomic E-state index is 13.8. The van der Waals surface area contributed by atoms with Gasteiger partial charge in [-0.25, -0.2) is 9.55 Å². The van der Waals surface area contributed by atoms with Crippen molar-refractivity contribution in [2.75, 3.05) is 37.0 Å². The van der Waals surface area contributed by atoms with Gasteiger partial charge in [-0.3, -0.25) is 4.79 Å². The number of pyridine rings is 1. The Hall–Kier alpha value is -3.28. The van der Waals surface area contributed by atoms with Gasteiger partial charge >= 0.3 is 0 Å². The molecule has 28 heavy (non-hydrogen) atoms. The number of rotatable bonds is 3. The Morgan fingerprint density at radius 2 is 1.71 bits per heavy atom. The number of fused-ring (bicyclic) bond motifs is 2. The minimum atomic E-state index is -0.0247. The highest BCUT2D eigenvalue weighted by Crippen LogP contribution is 2.35. The monoisotopic (exact) mass is 373 g/mol. The standard InChI is InChI=1S/C22H23N5O/c1-25(2)19-15-9-3-6-12-18(15)27(21(28)20(19)26-13-7-8-14-26)22-23-16-10-4-5-11-17(16)24-22/h3-6,9-12H,7-8,13-14H2,1-2H3,(H,23,24). The van der Waals surface area contributed by atoms with Crippen LogP contribution in [-0.4, -0.2) is 41.7 Å². The lowest BCUT2D eigenvalue weighted by molar-refractivity contribution is 0.900. The summed E-state index contributed by atoms with van der Waals surface area (Å²) in [6, 6.07) is 15.9. The molecular formula is C22H23N5O. The summed E-state index contributed by atoms with van der Waals surface area (Å²) in [7, 11) is 4.01. The molecule has 6 heteroatoms. The van der Waals surface area contributed by atoms with E-state index in [1.165, 1.54) is 0 Å². The normalized spacial score (nSPS) is 14.3. The van der Waals surface area contributed by atoms with Gasteiger partial charge in [0.1, 0.15) is 5.69 Å². The Kier molecular flexibility index (Phi) is 3.86. The average molecular weight is 373 g/mol. The van der Waals surface area contributed by atoms with Gasteiger partial charge in [-0.15, -0.1) is 0 Å². The van der Waals surface area contributed by atoms with Gasteiger partial charge < -0.3 is 14.8 Å². The third kappa shape index (κ3) is 2.48. The molecule has 0 spiro atoms. The lowest BCUT2D eigenvalue weighted by Crippen LogP contribution is -2.33. The van der Waals surface area contributed by atoms with E-state index in [-0.39, 0.29) is 5.56 Å². The van der Waals surface area contributed by atoms with Gasteiger partial charge in [-0.05, 0) is 31.0 Å². The molecule has 5 rings (SSSR count). The van der Waals surface area contributed by atoms with Gasteiger partial charge in [0.15, 0.2) is 0 Å². The number of H-pyrrole nitrogens is 1. The molecular weight excluding hydrogens is 350 g/mol. The number of nitrogens with zero attached hydrogens (tertiary/aromatic N) is 4. The van der Waals surface area contributed by atoms with E-state index in [2.05, 4.69) is 20.9 Å². The van der Waals surface area contributed by atoms with Crippen LogP contribution in [-0.2, 0) is 0 Å². The van der Waals surface area contributed by atoms with Crippen molar-refractivity contribution >= 4 is 33.3 Å². The maximum atomic E-state index is 13.8. The summed E-state index contributed by atoms with van der Waals surface area (Å²) in [6.07, 6.45) is 2.23. The number of nitrogens with one attached hydrogen (secondary N) is 1. The first kappa shape index (κ1) is 16.9. The summed E-state index contributed by atoms with van der Waals surface area (Å²) in [4.78, 5) is 26.1. The van der Waals surface area contributed by atoms with E-state index >= 15 is 0 Å². The van der Waals surface area contributed by atoms with E-state index < -0.39 is 0 Å². The predicted octanol–water partition coefficient (Wildman–Crippen LogP) is 3.53. The van der Waals surface area contributed by atoms with Crippen LogP contribution in [0.2, 0.25) is 0 Å². The smallest absolute Gasteiger partial charge is 0.283 e. The first-order valence-corrected chi connectivity index (χ1v) is 9.70. The van der Waals surface area contributed by atoms with Crippen molar-refractivity contribution < 1.29 is 0 Å². The van der Waals surface area contributed by atoms with Crippen molar-refractivity contribution in [2.45, 2.75) is 12.8 Å². The van der Waals surface area contributed by atoms with E-state index in [1.54, 1.807) is 4.57 Å². The molecule has 2 aromatic heterocycles. The van der Waals surface area contributed by atoms with Crippen LogP contribution in [0.5, 0.6) is 0 Å². The topological polar surface area (TPSA) is 57.2 Å². The first-order valence-electron chi connectivity index (χ1n) is 9.70. The van der Waals surface area contributed by atoms with Crippen molar-refractivity contribution in [1.29, 1.82) is 0 Å². The summed E-state index contributed by atoms with van der Waals surface area (Å²) in [5.74, 6) is 0.563. The molecule has 0 atom stereocenters. The SMILES string of the molecule is CN(C)c1c(N2CCCC2)c(=O)n(-c2nc3ccccc3[nH]2)c2ccccc12. The molecule has 0 bridgehead atoms. The van der Waals surface area contributed by atoms with Crippen molar-refractivity contribution in [3.05, 3.63) is 58.9 Å². The number of aromatic amines is 1. The van der Waals surface area contributed by atoms with Crippen LogP contribution in [0.1, 0.15) is 12.8 Å². The molecule has 0 amide bonds. The van der Waals surface area contributed by atoms with Crippen molar-refractivity contribution in [3.63, 3.8) is 0 Å². The molecule has 0 saturated carbocycles. The number of hydrogen-bond donors (Lipinski definition) is 1. The molecule has 1 aliphatic rings. The summed E-state index contributed by atoms with van der Waals surface area (Å²) in [5, 5.41) is 1.05. The molecule has 1 aliphatic heterocycles. The van der Waals surface area contributed by atoms with Gasteiger partial charge in [0, 0.05) is 32.6 Å². The van der Waals surface area contributed by atoms with Crippen LogP contribution in [0, 0.1) is 0 Å². The van der Waals surface area contributed by atoms with Gasteiger partial charge in [0.25, 0.3) is 5.56 Å². The molecule has 2 aromatic carbocycles. The van der Waals surface area contributed by atoms with Crippen LogP contribution in [0.4, 0.5) is 11.4 Å². The third-order valence-corrected chi connectivity index (χ3v) is 5.49. The number of benzene rings is 2. The molecule has 6 nitrogen and oxygen atoms in total. The van der Waals surface area contributed by atoms with Crippen molar-refractivity contribution in [2.24, 2.45) is 0 Å². The van der Waals surface area contributed by atoms with Crippen LogP contribution >= 0.6 is 0 Å². The molecule has 3 heterocycles. The van der Waals surface area contributed by atoms with E-state index in [0.717, 1.165) is 59.2 Å². The summed E-state index contributed by atoms with van der Waals surface area (Å²) < 4.78 is 1.73. The van der Waals surface area contributed by atoms with E-state index in [1.807, 2.05) is 56.6 Å². The van der Waals surface area contributed by atoms with E-state index in [9.17, 15) is 4.79 Å². The first-order chi connectivity index (χ1) is 13.6. The largest absolute Gasteiger partial charge is 0.375 e. The molecule has 1 N–H and O–H groups in total. The highest BCUT2D eigenvalue weighted by Gasteiger charge is 2.26. The third-order valence-electron chi connectivity index (χ3n) is 5.49. The Labute approximate surface area is 163 Å². The Morgan fingerprint density at radius 1 is 1.00 bits per heavy atom. The van der Waals surface area contributed by atoms with Crippen LogP contribution in [0.15, 0.2) is 53.3 Å². The minimum Gasteiger partial charge on any atom is -0.375 e. The van der Waals surface area contributed by atoms with Crippen LogP contribution < -0.4 is 15.4 Å². The molecule has 1 fully saturated rings. The molecule has 0 aliphatic carbocycles. The number of hydrogen-bond acceptors (Lipinski definition) is 4. The van der Waals surface area contributed by atoms with Gasteiger partial charge in [0.2, 0.25) is 5.95 Å². The Morgan fingerprint density at radius 3 is 2.46 bits per heavy atom. The van der Waals surface area contributed by atoms with Crippen LogP contribution in [0.3, 0.4) is 0 Å². The van der Waals surface area contributed by atoms with Gasteiger partial charge in [0.05, 0.1) is 22.2 Å².